The molecule has 1 aromatic carbocycles. The summed E-state index contributed by atoms with van der Waals surface area (Å²) >= 11 is 1.61. The van der Waals surface area contributed by atoms with Crippen LogP contribution in [0.4, 0.5) is 14.5 Å². The molecule has 0 aliphatic rings. The molecule has 0 fully saturated rings. The van der Waals surface area contributed by atoms with E-state index >= 15 is 0 Å². The topological polar surface area (TPSA) is 24.9 Å². The van der Waals surface area contributed by atoms with Crippen molar-refractivity contribution in [3.8, 4) is 0 Å². The first-order valence-corrected chi connectivity index (χ1v) is 7.06. The molecule has 0 amide bonds. The number of aromatic nitrogens is 1. The van der Waals surface area contributed by atoms with E-state index in [1.54, 1.807) is 17.5 Å². The van der Waals surface area contributed by atoms with Crippen molar-refractivity contribution in [2.75, 3.05) is 5.32 Å². The normalized spacial score (nSPS) is 12.6. The van der Waals surface area contributed by atoms with Crippen molar-refractivity contribution in [3.63, 3.8) is 0 Å². The SMILES string of the molecule is CC(Nc1cc(F)ccc1F)c1cnc2ccsc2c1. The molecule has 1 atom stereocenters. The number of benzene rings is 1. The average molecular weight is 290 g/mol. The van der Waals surface area contributed by atoms with Gasteiger partial charge in [-0.2, -0.15) is 0 Å². The molecule has 5 heteroatoms. The highest BCUT2D eigenvalue weighted by Crippen LogP contribution is 2.26. The first-order chi connectivity index (χ1) is 9.63. The molecule has 2 nitrogen and oxygen atoms in total. The number of fused-ring (bicyclic) bond motifs is 1. The number of rotatable bonds is 3. The smallest absolute Gasteiger partial charge is 0.146 e. The van der Waals surface area contributed by atoms with Gasteiger partial charge in [0.15, 0.2) is 0 Å². The number of hydrogen-bond acceptors (Lipinski definition) is 3. The van der Waals surface area contributed by atoms with Crippen LogP contribution in [0.5, 0.6) is 0 Å². The van der Waals surface area contributed by atoms with Crippen LogP contribution in [0.15, 0.2) is 41.9 Å². The first-order valence-electron chi connectivity index (χ1n) is 6.18. The Labute approximate surface area is 119 Å². The monoisotopic (exact) mass is 290 g/mol. The van der Waals surface area contributed by atoms with Crippen LogP contribution in [0.1, 0.15) is 18.5 Å². The highest BCUT2D eigenvalue weighted by Gasteiger charge is 2.11. The second-order valence-electron chi connectivity index (χ2n) is 4.56. The molecule has 1 unspecified atom stereocenters. The van der Waals surface area contributed by atoms with Gasteiger partial charge in [-0.25, -0.2) is 8.78 Å². The third-order valence-electron chi connectivity index (χ3n) is 3.12. The summed E-state index contributed by atoms with van der Waals surface area (Å²) in [5.74, 6) is -0.934. The zero-order valence-corrected chi connectivity index (χ0v) is 11.5. The number of nitrogens with one attached hydrogen (secondary N) is 1. The average Bonchev–Trinajstić information content (AvgIpc) is 2.90. The molecule has 2 heterocycles. The maximum atomic E-state index is 13.6. The van der Waals surface area contributed by atoms with E-state index in [0.717, 1.165) is 34.0 Å². The Morgan fingerprint density at radius 3 is 2.90 bits per heavy atom. The molecule has 0 aliphatic carbocycles. The Hall–Kier alpha value is -2.01. The van der Waals surface area contributed by atoms with Crippen molar-refractivity contribution in [2.45, 2.75) is 13.0 Å². The molecule has 0 aliphatic heterocycles. The summed E-state index contributed by atoms with van der Waals surface area (Å²) in [5.41, 5.74) is 2.04. The number of pyridine rings is 1. The second-order valence-corrected chi connectivity index (χ2v) is 5.51. The minimum absolute atomic E-state index is 0.156. The van der Waals surface area contributed by atoms with Crippen LogP contribution in [0.3, 0.4) is 0 Å². The van der Waals surface area contributed by atoms with E-state index in [1.165, 1.54) is 0 Å². The lowest BCUT2D eigenvalue weighted by molar-refractivity contribution is 0.600. The summed E-state index contributed by atoms with van der Waals surface area (Å²) < 4.78 is 27.8. The molecule has 3 aromatic rings. The van der Waals surface area contributed by atoms with Crippen LogP contribution in [-0.4, -0.2) is 4.98 Å². The van der Waals surface area contributed by atoms with Gasteiger partial charge in [0.2, 0.25) is 0 Å². The van der Waals surface area contributed by atoms with Crippen LogP contribution >= 0.6 is 11.3 Å². The summed E-state index contributed by atoms with van der Waals surface area (Å²) in [7, 11) is 0. The Bertz CT molecular complexity index is 754. The lowest BCUT2D eigenvalue weighted by Crippen LogP contribution is -2.08. The van der Waals surface area contributed by atoms with Crippen molar-refractivity contribution in [1.29, 1.82) is 0 Å². The van der Waals surface area contributed by atoms with Crippen LogP contribution in [0.25, 0.3) is 10.2 Å². The van der Waals surface area contributed by atoms with Crippen molar-refractivity contribution in [3.05, 3.63) is 59.1 Å². The fourth-order valence-electron chi connectivity index (χ4n) is 2.02. The molecule has 0 saturated heterocycles. The van der Waals surface area contributed by atoms with Gasteiger partial charge in [-0.15, -0.1) is 11.3 Å². The fraction of sp³-hybridized carbons (Fsp3) is 0.133. The summed E-state index contributed by atoms with van der Waals surface area (Å²) in [4.78, 5) is 4.35. The number of halogens is 2. The molecular weight excluding hydrogens is 278 g/mol. The minimum Gasteiger partial charge on any atom is -0.376 e. The molecule has 1 N–H and O–H groups in total. The number of anilines is 1. The van der Waals surface area contributed by atoms with Gasteiger partial charge >= 0.3 is 0 Å². The second kappa shape index (κ2) is 5.17. The molecule has 0 bridgehead atoms. The van der Waals surface area contributed by atoms with Gasteiger partial charge in [0, 0.05) is 6.20 Å². The maximum absolute atomic E-state index is 13.6. The van der Waals surface area contributed by atoms with Crippen molar-refractivity contribution in [1.82, 2.24) is 4.98 Å². The lowest BCUT2D eigenvalue weighted by Gasteiger charge is -2.16. The molecule has 20 heavy (non-hydrogen) atoms. The highest BCUT2D eigenvalue weighted by atomic mass is 32.1. The van der Waals surface area contributed by atoms with Crippen LogP contribution < -0.4 is 5.32 Å². The van der Waals surface area contributed by atoms with Crippen molar-refractivity contribution in [2.24, 2.45) is 0 Å². The zero-order valence-electron chi connectivity index (χ0n) is 10.7. The Balaban J connectivity index is 1.88. The summed E-state index contributed by atoms with van der Waals surface area (Å²) in [6, 6.07) is 7.18. The Morgan fingerprint density at radius 1 is 1.20 bits per heavy atom. The van der Waals surface area contributed by atoms with Crippen LogP contribution in [0, 0.1) is 11.6 Å². The molecule has 102 valence electrons. The van der Waals surface area contributed by atoms with Gasteiger partial charge in [-0.05, 0) is 48.2 Å². The number of thiophene rings is 1. The maximum Gasteiger partial charge on any atom is 0.146 e. The van der Waals surface area contributed by atoms with E-state index in [2.05, 4.69) is 10.3 Å². The number of nitrogens with zero attached hydrogens (tertiary/aromatic N) is 1. The Kier molecular flexibility index (Phi) is 3.36. The van der Waals surface area contributed by atoms with Gasteiger partial charge in [-0.1, -0.05) is 0 Å². The van der Waals surface area contributed by atoms with Crippen molar-refractivity contribution >= 4 is 27.2 Å². The Morgan fingerprint density at radius 2 is 2.05 bits per heavy atom. The number of hydrogen-bond donors (Lipinski definition) is 1. The predicted molar refractivity (Wildman–Crippen MR) is 78.0 cm³/mol. The van der Waals surface area contributed by atoms with Gasteiger partial charge < -0.3 is 5.32 Å². The largest absolute Gasteiger partial charge is 0.376 e. The molecule has 3 rings (SSSR count). The predicted octanol–water partition coefficient (Wildman–Crippen LogP) is 4.75. The van der Waals surface area contributed by atoms with Gasteiger partial charge in [0.05, 0.1) is 21.9 Å². The van der Waals surface area contributed by atoms with E-state index in [9.17, 15) is 8.78 Å². The third-order valence-corrected chi connectivity index (χ3v) is 3.98. The zero-order chi connectivity index (χ0) is 14.1. The standard InChI is InChI=1S/C15H12F2N2S/c1-9(19-14-7-11(16)2-3-12(14)17)10-6-15-13(18-8-10)4-5-20-15/h2-9,19H,1H3. The summed E-state index contributed by atoms with van der Waals surface area (Å²) in [5, 5.41) is 4.95. The summed E-state index contributed by atoms with van der Waals surface area (Å²) in [6.07, 6.45) is 1.75. The van der Waals surface area contributed by atoms with Crippen LogP contribution in [0.2, 0.25) is 0 Å². The van der Waals surface area contributed by atoms with Gasteiger partial charge in [0.1, 0.15) is 11.6 Å². The lowest BCUT2D eigenvalue weighted by atomic mass is 10.1. The molecule has 0 saturated carbocycles. The third kappa shape index (κ3) is 2.49. The summed E-state index contributed by atoms with van der Waals surface area (Å²) in [6.45, 7) is 1.89. The van der Waals surface area contributed by atoms with E-state index < -0.39 is 11.6 Å². The molecule has 2 aromatic heterocycles. The molecular formula is C15H12F2N2S. The quantitative estimate of drug-likeness (QED) is 0.753. The first kappa shape index (κ1) is 13.0. The highest BCUT2D eigenvalue weighted by molar-refractivity contribution is 7.17. The van der Waals surface area contributed by atoms with Gasteiger partial charge in [-0.3, -0.25) is 4.98 Å². The van der Waals surface area contributed by atoms with Crippen molar-refractivity contribution < 1.29 is 8.78 Å². The van der Waals surface area contributed by atoms with E-state index in [4.69, 9.17) is 0 Å². The molecule has 0 radical (unpaired) electrons. The van der Waals surface area contributed by atoms with E-state index in [1.807, 2.05) is 24.4 Å². The van der Waals surface area contributed by atoms with Crippen LogP contribution in [-0.2, 0) is 0 Å². The van der Waals surface area contributed by atoms with Gasteiger partial charge in [0.25, 0.3) is 0 Å². The minimum atomic E-state index is -0.469. The molecule has 0 spiro atoms. The van der Waals surface area contributed by atoms with E-state index in [-0.39, 0.29) is 11.7 Å². The fourth-order valence-corrected chi connectivity index (χ4v) is 2.81. The van der Waals surface area contributed by atoms with E-state index in [0.29, 0.717) is 0 Å².